The Bertz CT molecular complexity index is 533. The third kappa shape index (κ3) is 2.28. The normalized spacial score (nSPS) is 10.2. The quantitative estimate of drug-likeness (QED) is 0.877. The van der Waals surface area contributed by atoms with Crippen molar-refractivity contribution in [1.82, 2.24) is 4.98 Å². The molecule has 17 heavy (non-hydrogen) atoms. The average molecular weight is 233 g/mol. The maximum atomic E-state index is 10.7. The van der Waals surface area contributed by atoms with Crippen molar-refractivity contribution in [2.24, 2.45) is 0 Å². The number of hydrogen-bond acceptors (Lipinski definition) is 4. The highest BCUT2D eigenvalue weighted by atomic mass is 16.5. The summed E-state index contributed by atoms with van der Waals surface area (Å²) in [6.07, 6.45) is 1.11. The van der Waals surface area contributed by atoms with Gasteiger partial charge in [-0.25, -0.2) is 9.78 Å². The first-order chi connectivity index (χ1) is 8.22. The minimum absolute atomic E-state index is 0.119. The first-order valence-corrected chi connectivity index (χ1v) is 5.13. The first-order valence-electron chi connectivity index (χ1n) is 5.13. The third-order valence-corrected chi connectivity index (χ3v) is 2.14. The Balaban J connectivity index is 2.41. The fourth-order valence-electron chi connectivity index (χ4n) is 1.42. The van der Waals surface area contributed by atoms with E-state index in [2.05, 4.69) is 4.98 Å². The van der Waals surface area contributed by atoms with Crippen LogP contribution in [0.25, 0.3) is 11.5 Å². The van der Waals surface area contributed by atoms with Crippen molar-refractivity contribution >= 4 is 5.97 Å². The maximum Gasteiger partial charge on any atom is 0.357 e. The van der Waals surface area contributed by atoms with E-state index in [1.54, 1.807) is 12.1 Å². The first kappa shape index (κ1) is 11.2. The SMILES string of the molecule is CCOc1ccccc1-c1nc(C(=O)O)co1. The second-order valence-electron chi connectivity index (χ2n) is 3.27. The number of oxazole rings is 1. The molecule has 1 heterocycles. The Hall–Kier alpha value is -2.30. The molecule has 1 N–H and O–H groups in total. The summed E-state index contributed by atoms with van der Waals surface area (Å²) in [6.45, 7) is 2.39. The van der Waals surface area contributed by atoms with Gasteiger partial charge in [0, 0.05) is 0 Å². The Morgan fingerprint density at radius 3 is 2.88 bits per heavy atom. The highest BCUT2D eigenvalue weighted by molar-refractivity contribution is 5.85. The largest absolute Gasteiger partial charge is 0.493 e. The number of carbonyl (C=O) groups is 1. The molecular weight excluding hydrogens is 222 g/mol. The fraction of sp³-hybridized carbons (Fsp3) is 0.167. The Kier molecular flexibility index (Phi) is 3.09. The molecular formula is C12H11NO4. The number of aromatic carboxylic acids is 1. The Morgan fingerprint density at radius 1 is 1.47 bits per heavy atom. The second-order valence-corrected chi connectivity index (χ2v) is 3.27. The predicted octanol–water partition coefficient (Wildman–Crippen LogP) is 2.44. The molecule has 5 nitrogen and oxygen atoms in total. The van der Waals surface area contributed by atoms with E-state index >= 15 is 0 Å². The topological polar surface area (TPSA) is 72.6 Å². The molecule has 0 spiro atoms. The molecule has 0 amide bonds. The molecule has 0 saturated carbocycles. The van der Waals surface area contributed by atoms with Crippen molar-refractivity contribution < 1.29 is 19.1 Å². The Morgan fingerprint density at radius 2 is 2.24 bits per heavy atom. The van der Waals surface area contributed by atoms with E-state index in [0.717, 1.165) is 6.26 Å². The van der Waals surface area contributed by atoms with Gasteiger partial charge in [-0.3, -0.25) is 0 Å². The summed E-state index contributed by atoms with van der Waals surface area (Å²) in [4.78, 5) is 14.6. The van der Waals surface area contributed by atoms with Crippen LogP contribution >= 0.6 is 0 Å². The standard InChI is InChI=1S/C12H11NO4/c1-2-16-10-6-4-3-5-8(10)11-13-9(7-17-11)12(14)15/h3-7H,2H2,1H3,(H,14,15). The van der Waals surface area contributed by atoms with Gasteiger partial charge < -0.3 is 14.3 Å². The second kappa shape index (κ2) is 4.69. The summed E-state index contributed by atoms with van der Waals surface area (Å²) in [5, 5.41) is 8.76. The van der Waals surface area contributed by atoms with Crippen LogP contribution in [-0.2, 0) is 0 Å². The van der Waals surface area contributed by atoms with Crippen LogP contribution in [-0.4, -0.2) is 22.7 Å². The Labute approximate surface area is 97.7 Å². The maximum absolute atomic E-state index is 10.7. The molecule has 0 aliphatic carbocycles. The molecule has 5 heteroatoms. The van der Waals surface area contributed by atoms with Gasteiger partial charge in [0.05, 0.1) is 12.2 Å². The number of ether oxygens (including phenoxy) is 1. The molecule has 88 valence electrons. The summed E-state index contributed by atoms with van der Waals surface area (Å²) in [5.74, 6) is -0.255. The number of benzene rings is 1. The highest BCUT2D eigenvalue weighted by Crippen LogP contribution is 2.29. The van der Waals surface area contributed by atoms with Crippen molar-refractivity contribution in [2.45, 2.75) is 6.92 Å². The number of aromatic nitrogens is 1. The van der Waals surface area contributed by atoms with Crippen molar-refractivity contribution in [2.75, 3.05) is 6.61 Å². The van der Waals surface area contributed by atoms with E-state index in [-0.39, 0.29) is 11.6 Å². The summed E-state index contributed by atoms with van der Waals surface area (Å²) in [7, 11) is 0. The number of para-hydroxylation sites is 1. The molecule has 2 rings (SSSR count). The van der Waals surface area contributed by atoms with Gasteiger partial charge in [0.15, 0.2) is 5.69 Å². The van der Waals surface area contributed by atoms with Crippen LogP contribution in [0.1, 0.15) is 17.4 Å². The smallest absolute Gasteiger partial charge is 0.357 e. The molecule has 0 fully saturated rings. The van der Waals surface area contributed by atoms with Crippen LogP contribution in [0.15, 0.2) is 34.9 Å². The average Bonchev–Trinajstić information content (AvgIpc) is 2.79. The lowest BCUT2D eigenvalue weighted by Gasteiger charge is -2.06. The lowest BCUT2D eigenvalue weighted by molar-refractivity contribution is 0.0690. The lowest BCUT2D eigenvalue weighted by atomic mass is 10.2. The van der Waals surface area contributed by atoms with E-state index < -0.39 is 5.97 Å². The number of hydrogen-bond donors (Lipinski definition) is 1. The zero-order valence-corrected chi connectivity index (χ0v) is 9.21. The van der Waals surface area contributed by atoms with Gasteiger partial charge in [0.2, 0.25) is 5.89 Å². The van der Waals surface area contributed by atoms with Crippen molar-refractivity contribution in [1.29, 1.82) is 0 Å². The van der Waals surface area contributed by atoms with E-state index in [0.29, 0.717) is 17.9 Å². The van der Waals surface area contributed by atoms with Gasteiger partial charge in [-0.1, -0.05) is 12.1 Å². The van der Waals surface area contributed by atoms with Gasteiger partial charge >= 0.3 is 5.97 Å². The van der Waals surface area contributed by atoms with Crippen LogP contribution in [0.4, 0.5) is 0 Å². The molecule has 0 saturated heterocycles. The minimum atomic E-state index is -1.12. The van der Waals surface area contributed by atoms with Crippen molar-refractivity contribution in [3.63, 3.8) is 0 Å². The fourth-order valence-corrected chi connectivity index (χ4v) is 1.42. The molecule has 0 bridgehead atoms. The van der Waals surface area contributed by atoms with Gasteiger partial charge in [0.25, 0.3) is 0 Å². The zero-order chi connectivity index (χ0) is 12.3. The molecule has 0 aliphatic heterocycles. The van der Waals surface area contributed by atoms with E-state index in [1.165, 1.54) is 0 Å². The van der Waals surface area contributed by atoms with E-state index in [4.69, 9.17) is 14.3 Å². The molecule has 1 aromatic heterocycles. The van der Waals surface area contributed by atoms with Crippen LogP contribution in [0, 0.1) is 0 Å². The van der Waals surface area contributed by atoms with Crippen LogP contribution < -0.4 is 4.74 Å². The van der Waals surface area contributed by atoms with E-state index in [9.17, 15) is 4.79 Å². The zero-order valence-electron chi connectivity index (χ0n) is 9.21. The molecule has 1 aromatic carbocycles. The van der Waals surface area contributed by atoms with Gasteiger partial charge in [-0.15, -0.1) is 0 Å². The summed E-state index contributed by atoms with van der Waals surface area (Å²) in [5.41, 5.74) is 0.521. The predicted molar refractivity (Wildman–Crippen MR) is 60.1 cm³/mol. The van der Waals surface area contributed by atoms with E-state index in [1.807, 2.05) is 19.1 Å². The number of carboxylic acid groups (broad SMARTS) is 1. The number of nitrogens with zero attached hydrogens (tertiary/aromatic N) is 1. The summed E-state index contributed by atoms with van der Waals surface area (Å²) in [6, 6.07) is 7.18. The van der Waals surface area contributed by atoms with Crippen LogP contribution in [0.5, 0.6) is 5.75 Å². The number of rotatable bonds is 4. The van der Waals surface area contributed by atoms with Crippen molar-refractivity contribution in [3.05, 3.63) is 36.2 Å². The number of carboxylic acids is 1. The molecule has 0 unspecified atom stereocenters. The summed E-state index contributed by atoms with van der Waals surface area (Å²) >= 11 is 0. The van der Waals surface area contributed by atoms with Gasteiger partial charge in [-0.05, 0) is 19.1 Å². The molecule has 2 aromatic rings. The van der Waals surface area contributed by atoms with Gasteiger partial charge in [0.1, 0.15) is 12.0 Å². The lowest BCUT2D eigenvalue weighted by Crippen LogP contribution is -1.97. The molecule has 0 radical (unpaired) electrons. The van der Waals surface area contributed by atoms with Crippen LogP contribution in [0.3, 0.4) is 0 Å². The highest BCUT2D eigenvalue weighted by Gasteiger charge is 2.14. The monoisotopic (exact) mass is 233 g/mol. The van der Waals surface area contributed by atoms with Crippen LogP contribution in [0.2, 0.25) is 0 Å². The van der Waals surface area contributed by atoms with Gasteiger partial charge in [-0.2, -0.15) is 0 Å². The summed E-state index contributed by atoms with van der Waals surface area (Å²) < 4.78 is 10.5. The minimum Gasteiger partial charge on any atom is -0.493 e. The molecule has 0 atom stereocenters. The molecule has 0 aliphatic rings. The third-order valence-electron chi connectivity index (χ3n) is 2.14. The van der Waals surface area contributed by atoms with Crippen molar-refractivity contribution in [3.8, 4) is 17.2 Å².